The minimum absolute atomic E-state index is 0.193. The normalized spacial score (nSPS) is 15.6. The van der Waals surface area contributed by atoms with Crippen LogP contribution in [0.15, 0.2) is 87.4 Å². The number of thioether (sulfide) groups is 1. The first-order valence-electron chi connectivity index (χ1n) is 8.33. The minimum Gasteiger partial charge on any atom is -0.465 e. The van der Waals surface area contributed by atoms with E-state index in [1.54, 1.807) is 66.7 Å². The van der Waals surface area contributed by atoms with Gasteiger partial charge in [-0.25, -0.2) is 0 Å². The molecule has 3 aromatic rings. The molecule has 28 heavy (non-hydrogen) atoms. The van der Waals surface area contributed by atoms with Gasteiger partial charge in [0, 0.05) is 16.7 Å². The minimum atomic E-state index is -0.353. The molecule has 1 aromatic heterocycles. The van der Waals surface area contributed by atoms with Crippen molar-refractivity contribution in [1.82, 2.24) is 0 Å². The molecule has 138 valence electrons. The zero-order valence-electron chi connectivity index (χ0n) is 14.4. The zero-order chi connectivity index (χ0) is 19.5. The molecule has 1 aliphatic rings. The average Bonchev–Trinajstić information content (AvgIpc) is 3.23. The maximum absolute atomic E-state index is 13.0. The molecule has 7 heteroatoms. The third-order valence-electron chi connectivity index (χ3n) is 3.92. The quantitative estimate of drug-likeness (QED) is 0.437. The van der Waals surface area contributed by atoms with E-state index in [9.17, 15) is 9.59 Å². The summed E-state index contributed by atoms with van der Waals surface area (Å²) in [5.41, 5.74) is 1.01. The van der Waals surface area contributed by atoms with Crippen LogP contribution in [0, 0.1) is 0 Å². The highest BCUT2D eigenvalue weighted by Gasteiger charge is 2.31. The van der Waals surface area contributed by atoms with Crippen molar-refractivity contribution in [1.29, 1.82) is 0 Å². The first-order valence-corrected chi connectivity index (χ1v) is 9.53. The van der Waals surface area contributed by atoms with E-state index in [0.29, 0.717) is 26.9 Å². The number of carbonyl (C=O) groups is 2. The van der Waals surface area contributed by atoms with Gasteiger partial charge in [0.1, 0.15) is 5.76 Å². The molecule has 1 aliphatic heterocycles. The largest absolute Gasteiger partial charge is 0.465 e. The lowest BCUT2D eigenvalue weighted by molar-refractivity contribution is -0.114. The smallest absolute Gasteiger partial charge is 0.285 e. The number of amides is 1. The summed E-state index contributed by atoms with van der Waals surface area (Å²) in [4.78, 5) is 26.2. The molecule has 2 aromatic carbocycles. The van der Waals surface area contributed by atoms with Crippen molar-refractivity contribution in [3.8, 4) is 0 Å². The third kappa shape index (κ3) is 3.78. The lowest BCUT2D eigenvalue weighted by atomic mass is 10.1. The Morgan fingerprint density at radius 3 is 2.46 bits per heavy atom. The van der Waals surface area contributed by atoms with Crippen molar-refractivity contribution >= 4 is 51.9 Å². The summed E-state index contributed by atoms with van der Waals surface area (Å²) in [7, 11) is 0. The van der Waals surface area contributed by atoms with E-state index in [-0.39, 0.29) is 16.7 Å². The van der Waals surface area contributed by atoms with Crippen LogP contribution < -0.4 is 5.01 Å². The van der Waals surface area contributed by atoms with Gasteiger partial charge in [-0.1, -0.05) is 53.7 Å². The van der Waals surface area contributed by atoms with Gasteiger partial charge >= 0.3 is 0 Å². The molecule has 0 saturated heterocycles. The van der Waals surface area contributed by atoms with Crippen molar-refractivity contribution in [2.45, 2.75) is 0 Å². The van der Waals surface area contributed by atoms with E-state index in [4.69, 9.17) is 16.0 Å². The molecule has 0 radical (unpaired) electrons. The molecule has 0 saturated carbocycles. The molecule has 0 atom stereocenters. The fraction of sp³-hybridized carbons (Fsp3) is 0. The molecule has 4 rings (SSSR count). The van der Waals surface area contributed by atoms with Crippen LogP contribution in [0.2, 0.25) is 5.02 Å². The van der Waals surface area contributed by atoms with Gasteiger partial charge in [0.05, 0.1) is 16.9 Å². The number of anilines is 1. The molecule has 0 unspecified atom stereocenters. The second-order valence-electron chi connectivity index (χ2n) is 5.82. The predicted octanol–water partition coefficient (Wildman–Crippen LogP) is 5.25. The SMILES string of the molecule is O=C(C1=NN(c2ccc(Cl)cc2)C(=O)C(=Cc2ccco2)S1)c1ccccc1. The second kappa shape index (κ2) is 7.88. The van der Waals surface area contributed by atoms with Crippen LogP contribution in [-0.2, 0) is 4.79 Å². The van der Waals surface area contributed by atoms with E-state index >= 15 is 0 Å². The second-order valence-corrected chi connectivity index (χ2v) is 7.29. The van der Waals surface area contributed by atoms with E-state index < -0.39 is 0 Å². The number of hydrogen-bond acceptors (Lipinski definition) is 5. The highest BCUT2D eigenvalue weighted by molar-refractivity contribution is 8.20. The zero-order valence-corrected chi connectivity index (χ0v) is 16.0. The molecule has 0 fully saturated rings. The molecule has 0 bridgehead atoms. The molecule has 0 N–H and O–H groups in total. The predicted molar refractivity (Wildman–Crippen MR) is 111 cm³/mol. The molecule has 5 nitrogen and oxygen atoms in total. The highest BCUT2D eigenvalue weighted by atomic mass is 35.5. The summed E-state index contributed by atoms with van der Waals surface area (Å²) >= 11 is 6.98. The van der Waals surface area contributed by atoms with Crippen LogP contribution in [0.4, 0.5) is 5.69 Å². The molecule has 0 aliphatic carbocycles. The van der Waals surface area contributed by atoms with Crippen molar-refractivity contribution in [2.75, 3.05) is 5.01 Å². The first kappa shape index (κ1) is 18.3. The average molecular weight is 409 g/mol. The van der Waals surface area contributed by atoms with Gasteiger partial charge < -0.3 is 4.42 Å². The van der Waals surface area contributed by atoms with Crippen molar-refractivity contribution in [2.24, 2.45) is 5.10 Å². The Bertz CT molecular complexity index is 1070. The van der Waals surface area contributed by atoms with Gasteiger partial charge in [-0.15, -0.1) is 0 Å². The van der Waals surface area contributed by atoms with Crippen LogP contribution in [0.3, 0.4) is 0 Å². The van der Waals surface area contributed by atoms with E-state index in [1.165, 1.54) is 11.3 Å². The van der Waals surface area contributed by atoms with Crippen LogP contribution >= 0.6 is 23.4 Å². The van der Waals surface area contributed by atoms with Gasteiger partial charge in [-0.3, -0.25) is 9.59 Å². The Morgan fingerprint density at radius 1 is 1.04 bits per heavy atom. The number of benzene rings is 2. The van der Waals surface area contributed by atoms with Gasteiger partial charge in [0.2, 0.25) is 5.78 Å². The van der Waals surface area contributed by atoms with Gasteiger partial charge in [0.25, 0.3) is 5.91 Å². The summed E-state index contributed by atoms with van der Waals surface area (Å²) in [5, 5.41) is 6.26. The summed E-state index contributed by atoms with van der Waals surface area (Å²) in [6, 6.07) is 19.0. The standard InChI is InChI=1S/C21H13ClN2O3S/c22-15-8-10-16(11-9-15)24-21(26)18(13-17-7-4-12-27-17)28-20(23-24)19(25)14-5-2-1-3-6-14/h1-13H. The summed E-state index contributed by atoms with van der Waals surface area (Å²) in [6.45, 7) is 0. The molecule has 0 spiro atoms. The Hall–Kier alpha value is -3.09. The number of rotatable bonds is 4. The fourth-order valence-corrected chi connectivity index (χ4v) is 3.58. The van der Waals surface area contributed by atoms with Crippen molar-refractivity contribution in [3.05, 3.63) is 94.2 Å². The Morgan fingerprint density at radius 2 is 1.79 bits per heavy atom. The third-order valence-corrected chi connectivity index (χ3v) is 5.14. The van der Waals surface area contributed by atoms with Gasteiger partial charge in [0.15, 0.2) is 5.04 Å². The lowest BCUT2D eigenvalue weighted by Gasteiger charge is -2.24. The number of halogens is 1. The summed E-state index contributed by atoms with van der Waals surface area (Å²) < 4.78 is 5.32. The number of carbonyl (C=O) groups excluding carboxylic acids is 2. The highest BCUT2D eigenvalue weighted by Crippen LogP contribution is 2.33. The molecule has 2 heterocycles. The summed E-state index contributed by atoms with van der Waals surface area (Å²) in [5.74, 6) is -0.101. The number of nitrogens with zero attached hydrogens (tertiary/aromatic N) is 2. The topological polar surface area (TPSA) is 62.9 Å². The van der Waals surface area contributed by atoms with Crippen molar-refractivity contribution in [3.63, 3.8) is 0 Å². The number of ketones is 1. The number of hydrazone groups is 1. The lowest BCUT2D eigenvalue weighted by Crippen LogP contribution is -2.33. The Kier molecular flexibility index (Phi) is 5.14. The van der Waals surface area contributed by atoms with Crippen LogP contribution in [-0.4, -0.2) is 16.7 Å². The number of hydrogen-bond donors (Lipinski definition) is 0. The summed E-state index contributed by atoms with van der Waals surface area (Å²) in [6.07, 6.45) is 3.12. The van der Waals surface area contributed by atoms with Crippen molar-refractivity contribution < 1.29 is 14.0 Å². The number of Topliss-reactive ketones (excluding diaryl/α,β-unsaturated/α-hetero) is 1. The van der Waals surface area contributed by atoms with Crippen LogP contribution in [0.5, 0.6) is 0 Å². The maximum atomic E-state index is 13.0. The number of furan rings is 1. The van der Waals surface area contributed by atoms with Crippen LogP contribution in [0.1, 0.15) is 16.1 Å². The molecular weight excluding hydrogens is 396 g/mol. The monoisotopic (exact) mass is 408 g/mol. The Balaban J connectivity index is 1.77. The Labute approximate surface area is 170 Å². The molecule has 1 amide bonds. The van der Waals surface area contributed by atoms with Gasteiger partial charge in [-0.2, -0.15) is 10.1 Å². The molecular formula is C21H13ClN2O3S. The first-order chi connectivity index (χ1) is 13.6. The van der Waals surface area contributed by atoms with E-state index in [0.717, 1.165) is 11.8 Å². The van der Waals surface area contributed by atoms with E-state index in [2.05, 4.69) is 5.10 Å². The maximum Gasteiger partial charge on any atom is 0.285 e. The van der Waals surface area contributed by atoms with E-state index in [1.807, 2.05) is 6.07 Å². The fourth-order valence-electron chi connectivity index (χ4n) is 2.56. The van der Waals surface area contributed by atoms with Crippen LogP contribution in [0.25, 0.3) is 6.08 Å². The van der Waals surface area contributed by atoms with Gasteiger partial charge in [-0.05, 0) is 36.4 Å².